The third-order valence-corrected chi connectivity index (χ3v) is 3.37. The van der Waals surface area contributed by atoms with E-state index in [0.29, 0.717) is 5.56 Å². The van der Waals surface area contributed by atoms with Gasteiger partial charge in [-0.15, -0.1) is 11.3 Å². The Hall–Kier alpha value is -2.08. The number of hydrogen-bond acceptors (Lipinski definition) is 4. The molecule has 0 saturated carbocycles. The Morgan fingerprint density at radius 2 is 1.85 bits per heavy atom. The Morgan fingerprint density at radius 1 is 1.15 bits per heavy atom. The van der Waals surface area contributed by atoms with E-state index in [1.807, 2.05) is 24.3 Å². The quantitative estimate of drug-likeness (QED) is 0.794. The molecule has 0 spiro atoms. The summed E-state index contributed by atoms with van der Waals surface area (Å²) in [6.45, 7) is 5.25. The summed E-state index contributed by atoms with van der Waals surface area (Å²) < 4.78 is 6.05. The molecule has 1 heterocycles. The summed E-state index contributed by atoms with van der Waals surface area (Å²) >= 11 is 1.48. The number of carbonyl (C=O) groups is 2. The Bertz CT molecular complexity index is 643. The van der Waals surface area contributed by atoms with E-state index in [1.54, 1.807) is 26.2 Å². The van der Waals surface area contributed by atoms with E-state index in [4.69, 9.17) is 4.74 Å². The van der Waals surface area contributed by atoms with Gasteiger partial charge in [-0.1, -0.05) is 18.2 Å². The minimum atomic E-state index is -0.689. The molecule has 1 aromatic heterocycles. The highest BCUT2D eigenvalue weighted by Crippen LogP contribution is 2.25. The smallest absolute Gasteiger partial charge is 0.426 e. The number of ether oxygens (including phenoxy) is 1. The first-order valence-corrected chi connectivity index (χ1v) is 7.00. The number of carbonyl (C=O) groups excluding carboxylic acids is 2. The predicted molar refractivity (Wildman–Crippen MR) is 78.7 cm³/mol. The lowest BCUT2D eigenvalue weighted by Crippen LogP contribution is -2.44. The van der Waals surface area contributed by atoms with Crippen molar-refractivity contribution in [1.29, 1.82) is 0 Å². The molecular weight excluding hydrogens is 276 g/mol. The molecule has 0 unspecified atom stereocenters. The van der Waals surface area contributed by atoms with Crippen molar-refractivity contribution in [1.82, 2.24) is 10.9 Å². The molecule has 2 aromatic rings. The number of rotatable bonds is 1. The molecule has 106 valence electrons. The third-order valence-electron chi connectivity index (χ3n) is 2.40. The molecular formula is C14H16N2O3S. The van der Waals surface area contributed by atoms with Gasteiger partial charge in [-0.05, 0) is 26.8 Å². The van der Waals surface area contributed by atoms with Crippen molar-refractivity contribution in [2.75, 3.05) is 0 Å². The molecule has 0 radical (unpaired) electrons. The topological polar surface area (TPSA) is 67.4 Å². The molecule has 0 aliphatic rings. The third kappa shape index (κ3) is 3.48. The summed E-state index contributed by atoms with van der Waals surface area (Å²) in [6.07, 6.45) is -0.689. The Balaban J connectivity index is 2.01. The Kier molecular flexibility index (Phi) is 3.94. The van der Waals surface area contributed by atoms with Crippen LogP contribution in [-0.2, 0) is 4.74 Å². The highest BCUT2D eigenvalue weighted by atomic mass is 32.1. The van der Waals surface area contributed by atoms with E-state index in [9.17, 15) is 9.59 Å². The maximum Gasteiger partial charge on any atom is 0.426 e. The number of benzene rings is 1. The molecule has 6 heteroatoms. The fraction of sp³-hybridized carbons (Fsp3) is 0.286. The minimum absolute atomic E-state index is 0.367. The van der Waals surface area contributed by atoms with E-state index >= 15 is 0 Å². The molecule has 2 rings (SSSR count). The second kappa shape index (κ2) is 5.50. The fourth-order valence-electron chi connectivity index (χ4n) is 1.63. The molecule has 2 amide bonds. The van der Waals surface area contributed by atoms with Gasteiger partial charge >= 0.3 is 6.09 Å². The van der Waals surface area contributed by atoms with Crippen LogP contribution in [-0.4, -0.2) is 17.6 Å². The summed E-state index contributed by atoms with van der Waals surface area (Å²) in [7, 11) is 0. The van der Waals surface area contributed by atoms with Gasteiger partial charge < -0.3 is 4.74 Å². The molecule has 1 aromatic carbocycles. The van der Waals surface area contributed by atoms with Crippen molar-refractivity contribution in [2.45, 2.75) is 26.4 Å². The molecule has 0 atom stereocenters. The fourth-order valence-corrected chi connectivity index (χ4v) is 2.57. The van der Waals surface area contributed by atoms with Crippen molar-refractivity contribution < 1.29 is 14.3 Å². The summed E-state index contributed by atoms with van der Waals surface area (Å²) in [5.41, 5.74) is 4.50. The second-order valence-electron chi connectivity index (χ2n) is 5.23. The minimum Gasteiger partial charge on any atom is -0.443 e. The standard InChI is InChI=1S/C14H16N2O3S/c1-14(2,3)19-13(18)16-15-12(17)10-8-20-11-7-5-4-6-9(10)11/h4-8H,1-3H3,(H,15,17)(H,16,18). The zero-order chi connectivity index (χ0) is 14.8. The molecule has 0 fully saturated rings. The van der Waals surface area contributed by atoms with Crippen LogP contribution in [0.4, 0.5) is 4.79 Å². The normalized spacial score (nSPS) is 11.2. The summed E-state index contributed by atoms with van der Waals surface area (Å²) in [6, 6.07) is 7.60. The number of hydrogen-bond donors (Lipinski definition) is 2. The zero-order valence-corrected chi connectivity index (χ0v) is 12.3. The van der Waals surface area contributed by atoms with Crippen molar-refractivity contribution in [3.63, 3.8) is 0 Å². The van der Waals surface area contributed by atoms with Crippen molar-refractivity contribution in [3.8, 4) is 0 Å². The lowest BCUT2D eigenvalue weighted by molar-refractivity contribution is 0.0483. The molecule has 0 saturated heterocycles. The van der Waals surface area contributed by atoms with Gasteiger partial charge in [0, 0.05) is 15.5 Å². The first-order chi connectivity index (χ1) is 9.37. The van der Waals surface area contributed by atoms with Crippen LogP contribution in [0.3, 0.4) is 0 Å². The maximum atomic E-state index is 12.0. The summed E-state index contributed by atoms with van der Waals surface area (Å²) in [5, 5.41) is 2.62. The number of hydrazine groups is 1. The largest absolute Gasteiger partial charge is 0.443 e. The van der Waals surface area contributed by atoms with Crippen LogP contribution in [0.5, 0.6) is 0 Å². The Labute approximate surface area is 120 Å². The van der Waals surface area contributed by atoms with Gasteiger partial charge in [0.15, 0.2) is 0 Å². The summed E-state index contributed by atoms with van der Waals surface area (Å²) in [4.78, 5) is 23.5. The average Bonchev–Trinajstić information content (AvgIpc) is 2.78. The number of nitrogens with one attached hydrogen (secondary N) is 2. The highest BCUT2D eigenvalue weighted by Gasteiger charge is 2.17. The van der Waals surface area contributed by atoms with E-state index in [0.717, 1.165) is 10.1 Å². The number of fused-ring (bicyclic) bond motifs is 1. The van der Waals surface area contributed by atoms with E-state index in [1.165, 1.54) is 11.3 Å². The van der Waals surface area contributed by atoms with Gasteiger partial charge in [-0.2, -0.15) is 0 Å². The van der Waals surface area contributed by atoms with Gasteiger partial charge in [-0.25, -0.2) is 10.2 Å². The highest BCUT2D eigenvalue weighted by molar-refractivity contribution is 7.17. The molecule has 0 aliphatic carbocycles. The monoisotopic (exact) mass is 292 g/mol. The van der Waals surface area contributed by atoms with E-state index < -0.39 is 11.7 Å². The van der Waals surface area contributed by atoms with Crippen molar-refractivity contribution >= 4 is 33.4 Å². The van der Waals surface area contributed by atoms with Crippen LogP contribution in [0.2, 0.25) is 0 Å². The summed E-state index contributed by atoms with van der Waals surface area (Å²) in [5.74, 6) is -0.367. The van der Waals surface area contributed by atoms with Gasteiger partial charge in [0.25, 0.3) is 5.91 Å². The zero-order valence-electron chi connectivity index (χ0n) is 11.5. The first kappa shape index (κ1) is 14.3. The second-order valence-corrected chi connectivity index (χ2v) is 6.14. The van der Waals surface area contributed by atoms with Crippen molar-refractivity contribution in [3.05, 3.63) is 35.2 Å². The van der Waals surface area contributed by atoms with Gasteiger partial charge in [0.05, 0.1) is 5.56 Å². The van der Waals surface area contributed by atoms with Gasteiger partial charge in [0.1, 0.15) is 5.60 Å². The van der Waals surface area contributed by atoms with Crippen LogP contribution in [0.1, 0.15) is 31.1 Å². The maximum absolute atomic E-state index is 12.0. The van der Waals surface area contributed by atoms with E-state index in [-0.39, 0.29) is 5.91 Å². The number of amides is 2. The SMILES string of the molecule is CC(C)(C)OC(=O)NNC(=O)c1csc2ccccc12. The van der Waals surface area contributed by atoms with Crippen LogP contribution in [0.15, 0.2) is 29.6 Å². The lowest BCUT2D eigenvalue weighted by Gasteiger charge is -2.19. The number of thiophene rings is 1. The predicted octanol–water partition coefficient (Wildman–Crippen LogP) is 3.07. The van der Waals surface area contributed by atoms with Crippen LogP contribution < -0.4 is 10.9 Å². The average molecular weight is 292 g/mol. The molecule has 0 aliphatic heterocycles. The molecule has 20 heavy (non-hydrogen) atoms. The molecule has 5 nitrogen and oxygen atoms in total. The molecule has 0 bridgehead atoms. The Morgan fingerprint density at radius 3 is 2.55 bits per heavy atom. The molecule has 2 N–H and O–H groups in total. The van der Waals surface area contributed by atoms with Gasteiger partial charge in [0.2, 0.25) is 0 Å². The van der Waals surface area contributed by atoms with E-state index in [2.05, 4.69) is 10.9 Å². The van der Waals surface area contributed by atoms with Crippen LogP contribution in [0, 0.1) is 0 Å². The van der Waals surface area contributed by atoms with Gasteiger partial charge in [-0.3, -0.25) is 10.2 Å². The van der Waals surface area contributed by atoms with Crippen LogP contribution >= 0.6 is 11.3 Å². The van der Waals surface area contributed by atoms with Crippen molar-refractivity contribution in [2.24, 2.45) is 0 Å². The van der Waals surface area contributed by atoms with Crippen LogP contribution in [0.25, 0.3) is 10.1 Å². The first-order valence-electron chi connectivity index (χ1n) is 6.12. The lowest BCUT2D eigenvalue weighted by atomic mass is 10.2.